The zero-order valence-electron chi connectivity index (χ0n) is 14.2. The minimum atomic E-state index is -3.66. The van der Waals surface area contributed by atoms with Crippen molar-refractivity contribution >= 4 is 21.8 Å². The van der Waals surface area contributed by atoms with Gasteiger partial charge in [-0.25, -0.2) is 17.6 Å². The molecule has 0 radical (unpaired) electrons. The van der Waals surface area contributed by atoms with Gasteiger partial charge >= 0.3 is 12.0 Å². The molecule has 1 aromatic carbocycles. The van der Waals surface area contributed by atoms with Crippen molar-refractivity contribution in [3.63, 3.8) is 0 Å². The van der Waals surface area contributed by atoms with Crippen LogP contribution in [0.15, 0.2) is 23.1 Å². The number of carboxylic acids is 1. The summed E-state index contributed by atoms with van der Waals surface area (Å²) in [4.78, 5) is 24.5. The molecule has 0 bridgehead atoms. The van der Waals surface area contributed by atoms with E-state index in [0.29, 0.717) is 18.5 Å². The fraction of sp³-hybridized carbons (Fsp3) is 0.500. The molecule has 1 aromatic rings. The van der Waals surface area contributed by atoms with Gasteiger partial charge in [0.05, 0.1) is 11.5 Å². The van der Waals surface area contributed by atoms with Gasteiger partial charge in [0, 0.05) is 19.3 Å². The summed E-state index contributed by atoms with van der Waals surface area (Å²) in [5, 5.41) is 11.9. The number of likely N-dealkylation sites (tertiary alicyclic amines) is 1. The lowest BCUT2D eigenvalue weighted by Crippen LogP contribution is -2.41. The van der Waals surface area contributed by atoms with Gasteiger partial charge < -0.3 is 15.3 Å². The first-order valence-electron chi connectivity index (χ1n) is 7.72. The number of amides is 2. The number of rotatable bonds is 4. The normalized spacial score (nSPS) is 21.8. The maximum absolute atomic E-state index is 14.0. The fourth-order valence-electron chi connectivity index (χ4n) is 2.76. The second-order valence-electron chi connectivity index (χ2n) is 6.67. The highest BCUT2D eigenvalue weighted by Crippen LogP contribution is 2.30. The molecular formula is C16H21FN2O5S. The number of carbonyl (C=O) groups is 2. The van der Waals surface area contributed by atoms with Gasteiger partial charge in [0.25, 0.3) is 0 Å². The Bertz CT molecular complexity index is 811. The Morgan fingerprint density at radius 2 is 2.04 bits per heavy atom. The topological polar surface area (TPSA) is 104 Å². The van der Waals surface area contributed by atoms with Gasteiger partial charge in [0.15, 0.2) is 9.84 Å². The molecular weight excluding hydrogens is 351 g/mol. The highest BCUT2D eigenvalue weighted by molar-refractivity contribution is 7.90. The third kappa shape index (κ3) is 4.09. The first-order valence-corrected chi connectivity index (χ1v) is 9.61. The Morgan fingerprint density at radius 1 is 1.40 bits per heavy atom. The van der Waals surface area contributed by atoms with Gasteiger partial charge in [-0.3, -0.25) is 4.79 Å². The van der Waals surface area contributed by atoms with Gasteiger partial charge in [0.1, 0.15) is 10.7 Å². The van der Waals surface area contributed by atoms with E-state index >= 15 is 0 Å². The summed E-state index contributed by atoms with van der Waals surface area (Å²) in [5.41, 5.74) is -0.553. The number of carbonyl (C=O) groups excluding carboxylic acids is 1. The van der Waals surface area contributed by atoms with E-state index in [1.165, 1.54) is 17.0 Å². The number of hydrogen-bond acceptors (Lipinski definition) is 4. The molecule has 2 unspecified atom stereocenters. The largest absolute Gasteiger partial charge is 0.481 e. The second kappa shape index (κ2) is 6.62. The molecule has 1 heterocycles. The van der Waals surface area contributed by atoms with Gasteiger partial charge in [-0.15, -0.1) is 0 Å². The van der Waals surface area contributed by atoms with Crippen molar-refractivity contribution in [2.45, 2.75) is 31.2 Å². The number of carboxylic acid groups (broad SMARTS) is 1. The number of halogens is 1. The minimum Gasteiger partial charge on any atom is -0.481 e. The molecule has 0 saturated carbocycles. The summed E-state index contributed by atoms with van der Waals surface area (Å²) < 4.78 is 36.8. The van der Waals surface area contributed by atoms with Gasteiger partial charge in [0.2, 0.25) is 0 Å². The number of hydrogen-bond donors (Lipinski definition) is 2. The van der Waals surface area contributed by atoms with E-state index in [1.807, 2.05) is 0 Å². The quantitative estimate of drug-likeness (QED) is 0.839. The summed E-state index contributed by atoms with van der Waals surface area (Å²) in [6, 6.07) is 2.68. The van der Waals surface area contributed by atoms with E-state index in [4.69, 9.17) is 0 Å². The third-order valence-corrected chi connectivity index (χ3v) is 5.60. The number of sulfone groups is 1. The molecule has 1 aliphatic rings. The molecule has 0 spiro atoms. The van der Waals surface area contributed by atoms with Crippen LogP contribution in [0.3, 0.4) is 0 Å². The Kier molecular flexibility index (Phi) is 5.08. The van der Waals surface area contributed by atoms with Crippen LogP contribution in [0.25, 0.3) is 0 Å². The summed E-state index contributed by atoms with van der Waals surface area (Å²) in [6.07, 6.45) is 1.28. The van der Waals surface area contributed by atoms with Crippen molar-refractivity contribution in [1.29, 1.82) is 0 Å². The van der Waals surface area contributed by atoms with E-state index in [9.17, 15) is 27.5 Å². The molecule has 2 rings (SSSR count). The number of aliphatic carboxylic acids is 1. The molecule has 25 heavy (non-hydrogen) atoms. The molecule has 1 fully saturated rings. The van der Waals surface area contributed by atoms with E-state index in [0.717, 1.165) is 12.3 Å². The molecule has 1 saturated heterocycles. The lowest BCUT2D eigenvalue weighted by molar-refractivity contribution is -0.147. The SMILES string of the molecule is CC(NC(=O)N1CCC(C)(C(=O)O)C1)c1ccc(S(C)(=O)=O)c(F)c1. The predicted octanol–water partition coefficient (Wildman–Crippen LogP) is 1.80. The minimum absolute atomic E-state index is 0.0995. The highest BCUT2D eigenvalue weighted by Gasteiger charge is 2.42. The Balaban J connectivity index is 2.08. The van der Waals surface area contributed by atoms with Crippen molar-refractivity contribution in [2.75, 3.05) is 19.3 Å². The van der Waals surface area contributed by atoms with Crippen LogP contribution in [0.1, 0.15) is 31.9 Å². The van der Waals surface area contributed by atoms with Gasteiger partial charge in [-0.05, 0) is 38.0 Å². The van der Waals surface area contributed by atoms with E-state index in [-0.39, 0.29) is 6.54 Å². The zero-order valence-corrected chi connectivity index (χ0v) is 15.1. The lowest BCUT2D eigenvalue weighted by atomic mass is 9.90. The lowest BCUT2D eigenvalue weighted by Gasteiger charge is -2.23. The second-order valence-corrected chi connectivity index (χ2v) is 8.65. The van der Waals surface area contributed by atoms with Crippen LogP contribution in [0, 0.1) is 11.2 Å². The monoisotopic (exact) mass is 372 g/mol. The first kappa shape index (κ1) is 19.2. The van der Waals surface area contributed by atoms with E-state index < -0.39 is 44.0 Å². The van der Waals surface area contributed by atoms with Crippen molar-refractivity contribution < 1.29 is 27.5 Å². The molecule has 9 heteroatoms. The van der Waals surface area contributed by atoms with Crippen molar-refractivity contribution in [1.82, 2.24) is 10.2 Å². The molecule has 0 aliphatic carbocycles. The summed E-state index contributed by atoms with van der Waals surface area (Å²) in [5.74, 6) is -1.82. The summed E-state index contributed by atoms with van der Waals surface area (Å²) in [7, 11) is -3.66. The molecule has 7 nitrogen and oxygen atoms in total. The smallest absolute Gasteiger partial charge is 0.317 e. The van der Waals surface area contributed by atoms with Crippen molar-refractivity contribution in [3.8, 4) is 0 Å². The highest BCUT2D eigenvalue weighted by atomic mass is 32.2. The Hall–Kier alpha value is -2.16. The van der Waals surface area contributed by atoms with Crippen LogP contribution in [-0.2, 0) is 14.6 Å². The third-order valence-electron chi connectivity index (χ3n) is 4.47. The number of urea groups is 1. The van der Waals surface area contributed by atoms with E-state index in [1.54, 1.807) is 13.8 Å². The Morgan fingerprint density at radius 3 is 2.52 bits per heavy atom. The Labute approximate surface area is 145 Å². The standard InChI is InChI=1S/C16H21FN2O5S/c1-10(11-4-5-13(12(17)8-11)25(3,23)24)18-15(22)19-7-6-16(2,9-19)14(20)21/h4-5,8,10H,6-7,9H2,1-3H3,(H,18,22)(H,20,21). The van der Waals surface area contributed by atoms with Gasteiger partial charge in [-0.2, -0.15) is 0 Å². The number of nitrogens with zero attached hydrogens (tertiary/aromatic N) is 1. The van der Waals surface area contributed by atoms with Crippen LogP contribution in [-0.4, -0.2) is 49.8 Å². The maximum Gasteiger partial charge on any atom is 0.317 e. The summed E-state index contributed by atoms with van der Waals surface area (Å²) in [6.45, 7) is 3.65. The van der Waals surface area contributed by atoms with Gasteiger partial charge in [-0.1, -0.05) is 6.07 Å². The van der Waals surface area contributed by atoms with E-state index in [2.05, 4.69) is 5.32 Å². The van der Waals surface area contributed by atoms with Crippen LogP contribution in [0.2, 0.25) is 0 Å². The van der Waals surface area contributed by atoms with Crippen molar-refractivity contribution in [3.05, 3.63) is 29.6 Å². The van der Waals surface area contributed by atoms with Crippen LogP contribution < -0.4 is 5.32 Å². The first-order chi connectivity index (χ1) is 11.4. The molecule has 138 valence electrons. The van der Waals surface area contributed by atoms with Crippen LogP contribution in [0.5, 0.6) is 0 Å². The summed E-state index contributed by atoms with van der Waals surface area (Å²) >= 11 is 0. The average Bonchev–Trinajstić information content (AvgIpc) is 2.90. The van der Waals surface area contributed by atoms with Crippen LogP contribution >= 0.6 is 0 Å². The van der Waals surface area contributed by atoms with Crippen LogP contribution in [0.4, 0.5) is 9.18 Å². The maximum atomic E-state index is 14.0. The molecule has 2 amide bonds. The zero-order chi connectivity index (χ0) is 19.0. The molecule has 2 N–H and O–H groups in total. The fourth-order valence-corrected chi connectivity index (χ4v) is 3.48. The average molecular weight is 372 g/mol. The number of benzene rings is 1. The van der Waals surface area contributed by atoms with Crippen molar-refractivity contribution in [2.24, 2.45) is 5.41 Å². The molecule has 0 aromatic heterocycles. The molecule has 1 aliphatic heterocycles. The number of nitrogens with one attached hydrogen (secondary N) is 1. The molecule has 2 atom stereocenters. The predicted molar refractivity (Wildman–Crippen MR) is 88.4 cm³/mol.